The molecule has 1 saturated heterocycles. The summed E-state index contributed by atoms with van der Waals surface area (Å²) in [5, 5.41) is 2.72. The highest BCUT2D eigenvalue weighted by molar-refractivity contribution is 7.98. The van der Waals surface area contributed by atoms with Crippen molar-refractivity contribution in [1.82, 2.24) is 10.2 Å². The number of hydrogen-bond acceptors (Lipinski definition) is 4. The van der Waals surface area contributed by atoms with E-state index in [0.29, 0.717) is 6.42 Å². The topological polar surface area (TPSA) is 58.6 Å². The maximum Gasteiger partial charge on any atom is 0.408 e. The van der Waals surface area contributed by atoms with E-state index in [0.717, 1.165) is 31.7 Å². The van der Waals surface area contributed by atoms with Gasteiger partial charge in [-0.3, -0.25) is 4.79 Å². The standard InChI is InChI=1S/C14H26N2O3S/c1-14(2,3)19-13(18)15-11(7-10-20-4)12(17)16-8-5-6-9-16/h11H,5-10H2,1-4H3,(H,15,18). The van der Waals surface area contributed by atoms with Crippen LogP contribution in [0.2, 0.25) is 0 Å². The molecule has 1 aliphatic heterocycles. The molecule has 1 atom stereocenters. The molecule has 116 valence electrons. The molecule has 0 radical (unpaired) electrons. The number of ether oxygens (including phenoxy) is 1. The average Bonchev–Trinajstić information content (AvgIpc) is 2.84. The second kappa shape index (κ2) is 7.76. The predicted molar refractivity (Wildman–Crippen MR) is 82.0 cm³/mol. The van der Waals surface area contributed by atoms with E-state index >= 15 is 0 Å². The molecule has 0 saturated carbocycles. The van der Waals surface area contributed by atoms with Crippen LogP contribution in [0.5, 0.6) is 0 Å². The van der Waals surface area contributed by atoms with Crippen molar-refractivity contribution in [2.75, 3.05) is 25.1 Å². The first kappa shape index (κ1) is 17.1. The molecule has 0 aliphatic carbocycles. The van der Waals surface area contributed by atoms with E-state index in [1.54, 1.807) is 11.8 Å². The van der Waals surface area contributed by atoms with Crippen LogP contribution < -0.4 is 5.32 Å². The molecular formula is C14H26N2O3S. The van der Waals surface area contributed by atoms with Crippen molar-refractivity contribution in [3.63, 3.8) is 0 Å². The van der Waals surface area contributed by atoms with Crippen molar-refractivity contribution in [2.45, 2.75) is 51.7 Å². The molecule has 0 aromatic heterocycles. The van der Waals surface area contributed by atoms with Gasteiger partial charge in [0.1, 0.15) is 11.6 Å². The first-order valence-corrected chi connectivity index (χ1v) is 8.50. The number of nitrogens with one attached hydrogen (secondary N) is 1. The predicted octanol–water partition coefficient (Wildman–Crippen LogP) is 2.26. The van der Waals surface area contributed by atoms with Gasteiger partial charge in [-0.1, -0.05) is 0 Å². The Morgan fingerprint density at radius 1 is 1.30 bits per heavy atom. The smallest absolute Gasteiger partial charge is 0.408 e. The van der Waals surface area contributed by atoms with Crippen molar-refractivity contribution in [2.24, 2.45) is 0 Å². The lowest BCUT2D eigenvalue weighted by molar-refractivity contribution is -0.132. The van der Waals surface area contributed by atoms with Crippen molar-refractivity contribution in [1.29, 1.82) is 0 Å². The lowest BCUT2D eigenvalue weighted by Crippen LogP contribution is -2.49. The maximum absolute atomic E-state index is 12.4. The average molecular weight is 302 g/mol. The van der Waals surface area contributed by atoms with Crippen LogP contribution in [-0.4, -0.2) is 53.6 Å². The van der Waals surface area contributed by atoms with Gasteiger partial charge in [0.15, 0.2) is 0 Å². The molecule has 6 heteroatoms. The number of carbonyl (C=O) groups excluding carboxylic acids is 2. The normalized spacial score (nSPS) is 16.9. The molecule has 0 bridgehead atoms. The minimum absolute atomic E-state index is 0.0161. The Labute approximate surface area is 125 Å². The van der Waals surface area contributed by atoms with Gasteiger partial charge in [0, 0.05) is 13.1 Å². The van der Waals surface area contributed by atoms with Crippen LogP contribution in [-0.2, 0) is 9.53 Å². The molecule has 5 nitrogen and oxygen atoms in total. The number of thioether (sulfide) groups is 1. The van der Waals surface area contributed by atoms with Gasteiger partial charge in [0.05, 0.1) is 0 Å². The first-order valence-electron chi connectivity index (χ1n) is 7.11. The molecule has 1 fully saturated rings. The zero-order valence-corrected chi connectivity index (χ0v) is 13.7. The van der Waals surface area contributed by atoms with Gasteiger partial charge < -0.3 is 15.0 Å². The molecule has 1 N–H and O–H groups in total. The maximum atomic E-state index is 12.4. The van der Waals surface area contributed by atoms with Crippen LogP contribution in [0.1, 0.15) is 40.0 Å². The number of nitrogens with zero attached hydrogens (tertiary/aromatic N) is 1. The van der Waals surface area contributed by atoms with Gasteiger partial charge >= 0.3 is 6.09 Å². The highest BCUT2D eigenvalue weighted by atomic mass is 32.2. The van der Waals surface area contributed by atoms with Crippen LogP contribution >= 0.6 is 11.8 Å². The molecule has 0 aromatic carbocycles. The van der Waals surface area contributed by atoms with Crippen molar-refractivity contribution in [3.05, 3.63) is 0 Å². The summed E-state index contributed by atoms with van der Waals surface area (Å²) in [6, 6.07) is -0.476. The Kier molecular flexibility index (Phi) is 6.65. The molecule has 1 aliphatic rings. The van der Waals surface area contributed by atoms with Crippen LogP contribution in [0.25, 0.3) is 0 Å². The van der Waals surface area contributed by atoms with E-state index in [2.05, 4.69) is 5.32 Å². The third-order valence-corrected chi connectivity index (χ3v) is 3.66. The zero-order valence-electron chi connectivity index (χ0n) is 12.9. The molecule has 0 aromatic rings. The third kappa shape index (κ3) is 6.03. The van der Waals surface area contributed by atoms with E-state index in [4.69, 9.17) is 4.74 Å². The largest absolute Gasteiger partial charge is 0.444 e. The van der Waals surface area contributed by atoms with Crippen LogP contribution in [0.3, 0.4) is 0 Å². The molecule has 2 amide bonds. The van der Waals surface area contributed by atoms with Crippen LogP contribution in [0.4, 0.5) is 4.79 Å². The molecule has 20 heavy (non-hydrogen) atoms. The second-order valence-corrected chi connectivity index (χ2v) is 7.00. The number of amides is 2. The van der Waals surface area contributed by atoms with E-state index in [1.807, 2.05) is 31.9 Å². The summed E-state index contributed by atoms with van der Waals surface area (Å²) in [7, 11) is 0. The Morgan fingerprint density at radius 3 is 2.40 bits per heavy atom. The van der Waals surface area contributed by atoms with Gasteiger partial charge in [0.25, 0.3) is 0 Å². The highest BCUT2D eigenvalue weighted by Crippen LogP contribution is 2.13. The molecule has 1 unspecified atom stereocenters. The summed E-state index contributed by atoms with van der Waals surface area (Å²) in [6.45, 7) is 7.03. The Hall–Kier alpha value is -0.910. The van der Waals surface area contributed by atoms with Crippen LogP contribution in [0, 0.1) is 0 Å². The Balaban J connectivity index is 2.58. The number of carbonyl (C=O) groups is 2. The number of alkyl carbamates (subject to hydrolysis) is 1. The SMILES string of the molecule is CSCCC(NC(=O)OC(C)(C)C)C(=O)N1CCCC1. The highest BCUT2D eigenvalue weighted by Gasteiger charge is 2.28. The van der Waals surface area contributed by atoms with E-state index in [-0.39, 0.29) is 5.91 Å². The quantitative estimate of drug-likeness (QED) is 0.846. The lowest BCUT2D eigenvalue weighted by Gasteiger charge is -2.26. The number of likely N-dealkylation sites (tertiary alicyclic amines) is 1. The molecule has 1 heterocycles. The summed E-state index contributed by atoms with van der Waals surface area (Å²) in [5.74, 6) is 0.849. The van der Waals surface area contributed by atoms with E-state index in [9.17, 15) is 9.59 Å². The van der Waals surface area contributed by atoms with Gasteiger partial charge in [-0.05, 0) is 52.0 Å². The number of rotatable bonds is 5. The molecule has 1 rings (SSSR count). The van der Waals surface area contributed by atoms with Crippen molar-refractivity contribution < 1.29 is 14.3 Å². The fourth-order valence-corrected chi connectivity index (χ4v) is 2.57. The summed E-state index contributed by atoms with van der Waals surface area (Å²) in [4.78, 5) is 26.1. The minimum atomic E-state index is -0.551. The second-order valence-electron chi connectivity index (χ2n) is 6.01. The van der Waals surface area contributed by atoms with E-state index in [1.165, 1.54) is 0 Å². The van der Waals surface area contributed by atoms with Gasteiger partial charge in [-0.2, -0.15) is 11.8 Å². The van der Waals surface area contributed by atoms with Crippen molar-refractivity contribution in [3.8, 4) is 0 Å². The van der Waals surface area contributed by atoms with Crippen molar-refractivity contribution >= 4 is 23.8 Å². The fourth-order valence-electron chi connectivity index (χ4n) is 2.10. The number of hydrogen-bond donors (Lipinski definition) is 1. The zero-order chi connectivity index (χ0) is 15.2. The molecular weight excluding hydrogens is 276 g/mol. The van der Waals surface area contributed by atoms with Gasteiger partial charge in [-0.25, -0.2) is 4.79 Å². The summed E-state index contributed by atoms with van der Waals surface area (Å²) in [6.07, 6.45) is 4.21. The third-order valence-electron chi connectivity index (χ3n) is 3.02. The van der Waals surface area contributed by atoms with Gasteiger partial charge in [0.2, 0.25) is 5.91 Å². The monoisotopic (exact) mass is 302 g/mol. The summed E-state index contributed by atoms with van der Waals surface area (Å²) >= 11 is 1.67. The summed E-state index contributed by atoms with van der Waals surface area (Å²) in [5.41, 5.74) is -0.551. The Bertz CT molecular complexity index is 336. The van der Waals surface area contributed by atoms with E-state index < -0.39 is 17.7 Å². The molecule has 0 spiro atoms. The lowest BCUT2D eigenvalue weighted by atomic mass is 10.2. The fraction of sp³-hybridized carbons (Fsp3) is 0.857. The first-order chi connectivity index (χ1) is 9.33. The Morgan fingerprint density at radius 2 is 1.90 bits per heavy atom. The van der Waals surface area contributed by atoms with Gasteiger partial charge in [-0.15, -0.1) is 0 Å². The van der Waals surface area contributed by atoms with Crippen LogP contribution in [0.15, 0.2) is 0 Å². The summed E-state index contributed by atoms with van der Waals surface area (Å²) < 4.78 is 5.23. The minimum Gasteiger partial charge on any atom is -0.444 e.